The highest BCUT2D eigenvalue weighted by Crippen LogP contribution is 2.18. The van der Waals surface area contributed by atoms with E-state index in [1.807, 2.05) is 16.8 Å². The smallest absolute Gasteiger partial charge is 0.170 e. The molecular formula is C12H17N5. The minimum atomic E-state index is 0.281. The number of nitrogens with one attached hydrogen (secondary N) is 1. The van der Waals surface area contributed by atoms with Crippen LogP contribution in [0.2, 0.25) is 0 Å². The van der Waals surface area contributed by atoms with Crippen molar-refractivity contribution < 1.29 is 0 Å². The van der Waals surface area contributed by atoms with Gasteiger partial charge in [0.05, 0.1) is 6.04 Å². The van der Waals surface area contributed by atoms with Crippen molar-refractivity contribution in [1.29, 1.82) is 0 Å². The normalized spacial score (nSPS) is 22.1. The molecule has 5 nitrogen and oxygen atoms in total. The second-order valence-corrected chi connectivity index (χ2v) is 4.63. The van der Waals surface area contributed by atoms with Gasteiger partial charge in [0.25, 0.3) is 0 Å². The third-order valence-electron chi connectivity index (χ3n) is 3.38. The number of hydrogen-bond acceptors (Lipinski definition) is 4. The number of rotatable bonds is 1. The lowest BCUT2D eigenvalue weighted by Gasteiger charge is -2.30. The van der Waals surface area contributed by atoms with Crippen LogP contribution in [0.15, 0.2) is 18.3 Å². The summed E-state index contributed by atoms with van der Waals surface area (Å²) in [4.78, 5) is 6.96. The van der Waals surface area contributed by atoms with Gasteiger partial charge in [0.2, 0.25) is 0 Å². The van der Waals surface area contributed by atoms with Crippen molar-refractivity contribution in [2.75, 3.05) is 26.7 Å². The monoisotopic (exact) mass is 231 g/mol. The van der Waals surface area contributed by atoms with E-state index in [9.17, 15) is 0 Å². The maximum Gasteiger partial charge on any atom is 0.170 e. The Morgan fingerprint density at radius 1 is 1.47 bits per heavy atom. The summed E-state index contributed by atoms with van der Waals surface area (Å²) in [5.41, 5.74) is 2.12. The van der Waals surface area contributed by atoms with E-state index >= 15 is 0 Å². The molecule has 1 atom stereocenters. The summed E-state index contributed by atoms with van der Waals surface area (Å²) in [5, 5.41) is 7.96. The van der Waals surface area contributed by atoms with Crippen LogP contribution in [-0.4, -0.2) is 46.2 Å². The van der Waals surface area contributed by atoms with E-state index < -0.39 is 0 Å². The van der Waals surface area contributed by atoms with Gasteiger partial charge in [-0.15, -0.1) is 5.10 Å². The molecule has 0 spiro atoms. The molecule has 0 aliphatic carbocycles. The molecule has 1 saturated heterocycles. The first kappa shape index (κ1) is 10.7. The zero-order chi connectivity index (χ0) is 11.8. The summed E-state index contributed by atoms with van der Waals surface area (Å²) in [6.45, 7) is 5.07. The van der Waals surface area contributed by atoms with Crippen LogP contribution in [0, 0.1) is 6.92 Å². The number of aryl methyl sites for hydroxylation is 1. The van der Waals surface area contributed by atoms with Gasteiger partial charge in [-0.1, -0.05) is 6.07 Å². The van der Waals surface area contributed by atoms with Crippen molar-refractivity contribution in [3.63, 3.8) is 0 Å². The lowest BCUT2D eigenvalue weighted by atomic mass is 10.2. The van der Waals surface area contributed by atoms with Gasteiger partial charge in [-0.25, -0.2) is 9.50 Å². The van der Waals surface area contributed by atoms with E-state index in [-0.39, 0.29) is 6.04 Å². The molecule has 1 fully saturated rings. The lowest BCUT2D eigenvalue weighted by molar-refractivity contribution is 0.194. The molecule has 0 saturated carbocycles. The molecule has 0 radical (unpaired) electrons. The molecule has 3 heterocycles. The van der Waals surface area contributed by atoms with Crippen molar-refractivity contribution in [2.45, 2.75) is 13.0 Å². The van der Waals surface area contributed by atoms with Crippen molar-refractivity contribution in [3.8, 4) is 0 Å². The fourth-order valence-electron chi connectivity index (χ4n) is 2.29. The fourth-order valence-corrected chi connectivity index (χ4v) is 2.29. The summed E-state index contributed by atoms with van der Waals surface area (Å²) in [6, 6.07) is 4.35. The first-order valence-electron chi connectivity index (χ1n) is 5.98. The predicted octanol–water partition coefficient (Wildman–Crippen LogP) is 0.614. The molecular weight excluding hydrogens is 214 g/mol. The van der Waals surface area contributed by atoms with Gasteiger partial charge in [-0.05, 0) is 25.6 Å². The summed E-state index contributed by atoms with van der Waals surface area (Å²) < 4.78 is 1.87. The molecule has 0 amide bonds. The molecule has 2 aromatic heterocycles. The fraction of sp³-hybridized carbons (Fsp3) is 0.500. The third-order valence-corrected chi connectivity index (χ3v) is 3.38. The Labute approximate surface area is 100 Å². The summed E-state index contributed by atoms with van der Waals surface area (Å²) in [6.07, 6.45) is 1.95. The van der Waals surface area contributed by atoms with E-state index in [0.29, 0.717) is 0 Å². The average molecular weight is 231 g/mol. The second kappa shape index (κ2) is 4.09. The number of piperazine rings is 1. The van der Waals surface area contributed by atoms with Gasteiger partial charge in [0, 0.05) is 25.8 Å². The maximum atomic E-state index is 4.66. The van der Waals surface area contributed by atoms with Crippen LogP contribution in [0.5, 0.6) is 0 Å². The number of hydrogen-bond donors (Lipinski definition) is 1. The zero-order valence-corrected chi connectivity index (χ0v) is 10.2. The van der Waals surface area contributed by atoms with E-state index in [0.717, 1.165) is 36.7 Å². The number of likely N-dealkylation sites (N-methyl/N-ethyl adjacent to an activating group) is 1. The Morgan fingerprint density at radius 2 is 2.35 bits per heavy atom. The van der Waals surface area contributed by atoms with Crippen LogP contribution >= 0.6 is 0 Å². The van der Waals surface area contributed by atoms with Crippen molar-refractivity contribution >= 4 is 5.65 Å². The van der Waals surface area contributed by atoms with Gasteiger partial charge in [0.1, 0.15) is 0 Å². The SMILES string of the molecule is Cc1cccn2nc(C3CNCCN3C)nc12. The topological polar surface area (TPSA) is 45.5 Å². The molecule has 3 rings (SSSR count). The highest BCUT2D eigenvalue weighted by molar-refractivity contribution is 5.46. The van der Waals surface area contributed by atoms with E-state index in [1.54, 1.807) is 0 Å². The minimum Gasteiger partial charge on any atom is -0.313 e. The molecule has 0 aromatic carbocycles. The predicted molar refractivity (Wildman–Crippen MR) is 66.0 cm³/mol. The Hall–Kier alpha value is -1.46. The maximum absolute atomic E-state index is 4.66. The van der Waals surface area contributed by atoms with Crippen LogP contribution in [0.4, 0.5) is 0 Å². The van der Waals surface area contributed by atoms with Gasteiger partial charge >= 0.3 is 0 Å². The standard InChI is InChI=1S/C12H17N5/c1-9-4-3-6-17-12(9)14-11(15-17)10-8-13-5-7-16(10)2/h3-4,6,10,13H,5,7-8H2,1-2H3. The molecule has 0 bridgehead atoms. The van der Waals surface area contributed by atoms with Gasteiger partial charge < -0.3 is 5.32 Å². The molecule has 2 aromatic rings. The third kappa shape index (κ3) is 1.81. The summed E-state index contributed by atoms with van der Waals surface area (Å²) in [5.74, 6) is 0.911. The van der Waals surface area contributed by atoms with Gasteiger partial charge in [0.15, 0.2) is 11.5 Å². The van der Waals surface area contributed by atoms with Crippen LogP contribution < -0.4 is 5.32 Å². The summed E-state index contributed by atoms with van der Waals surface area (Å²) >= 11 is 0. The number of aromatic nitrogens is 3. The number of fused-ring (bicyclic) bond motifs is 1. The number of nitrogens with zero attached hydrogens (tertiary/aromatic N) is 4. The van der Waals surface area contributed by atoms with Crippen molar-refractivity contribution in [1.82, 2.24) is 24.8 Å². The molecule has 5 heteroatoms. The molecule has 1 aliphatic heterocycles. The summed E-state index contributed by atoms with van der Waals surface area (Å²) in [7, 11) is 2.13. The lowest BCUT2D eigenvalue weighted by Crippen LogP contribution is -2.44. The van der Waals surface area contributed by atoms with Gasteiger partial charge in [-0.2, -0.15) is 0 Å². The number of pyridine rings is 1. The highest BCUT2D eigenvalue weighted by Gasteiger charge is 2.24. The molecule has 1 N–H and O–H groups in total. The van der Waals surface area contributed by atoms with E-state index in [2.05, 4.69) is 40.3 Å². The molecule has 1 unspecified atom stereocenters. The minimum absolute atomic E-state index is 0.281. The molecule has 17 heavy (non-hydrogen) atoms. The second-order valence-electron chi connectivity index (χ2n) is 4.63. The molecule has 90 valence electrons. The van der Waals surface area contributed by atoms with E-state index in [4.69, 9.17) is 0 Å². The quantitative estimate of drug-likeness (QED) is 0.781. The van der Waals surface area contributed by atoms with Crippen LogP contribution in [0.3, 0.4) is 0 Å². The van der Waals surface area contributed by atoms with Gasteiger partial charge in [-0.3, -0.25) is 4.90 Å². The average Bonchev–Trinajstić information content (AvgIpc) is 2.75. The largest absolute Gasteiger partial charge is 0.313 e. The Morgan fingerprint density at radius 3 is 3.12 bits per heavy atom. The van der Waals surface area contributed by atoms with Crippen molar-refractivity contribution in [3.05, 3.63) is 29.7 Å². The Balaban J connectivity index is 2.02. The van der Waals surface area contributed by atoms with Crippen LogP contribution in [-0.2, 0) is 0 Å². The molecule has 1 aliphatic rings. The zero-order valence-electron chi connectivity index (χ0n) is 10.2. The van der Waals surface area contributed by atoms with Crippen molar-refractivity contribution in [2.24, 2.45) is 0 Å². The Kier molecular flexibility index (Phi) is 2.57. The first-order valence-corrected chi connectivity index (χ1v) is 5.98. The van der Waals surface area contributed by atoms with Crippen LogP contribution in [0.1, 0.15) is 17.4 Å². The first-order chi connectivity index (χ1) is 8.25. The van der Waals surface area contributed by atoms with E-state index in [1.165, 1.54) is 0 Å². The Bertz CT molecular complexity index is 533. The van der Waals surface area contributed by atoms with Crippen LogP contribution in [0.25, 0.3) is 5.65 Å². The highest BCUT2D eigenvalue weighted by atomic mass is 15.3.